The highest BCUT2D eigenvalue weighted by Crippen LogP contribution is 2.27. The minimum absolute atomic E-state index is 0.00856. The number of aliphatic hydroxyl groups is 3. The summed E-state index contributed by atoms with van der Waals surface area (Å²) in [6.45, 7) is 3.69. The van der Waals surface area contributed by atoms with Gasteiger partial charge in [0, 0.05) is 13.8 Å². The molecule has 1 saturated heterocycles. The minimum atomic E-state index is -0.954. The van der Waals surface area contributed by atoms with E-state index in [1.807, 2.05) is 0 Å². The summed E-state index contributed by atoms with van der Waals surface area (Å²) in [4.78, 5) is 28.6. The van der Waals surface area contributed by atoms with Crippen molar-refractivity contribution in [3.8, 4) is 0 Å². The highest BCUT2D eigenvalue weighted by molar-refractivity contribution is 5.75. The maximum absolute atomic E-state index is 10.6. The number of carbonyl (C=O) groups is 3. The molecule has 0 radical (unpaired) electrons. The summed E-state index contributed by atoms with van der Waals surface area (Å²) in [5.41, 5.74) is 0. The lowest BCUT2D eigenvalue weighted by molar-refractivity contribution is -0.138. The standard InChI is InChI=1S/C18H32O3.C3H8O3.2C2H4O2/c1-2-3-4-5-6-7-8-9-10-11-12-13-14-15-16-17(21-16)18(19)20;4-1-3(6)2-5;2*1-2(3)4/h9-10,16-17H,2-8,11-15H2,1H3,(H,19,20);3-6H,1-2H2;2*1H3,(H,3,4). The van der Waals surface area contributed by atoms with Crippen molar-refractivity contribution in [1.82, 2.24) is 0 Å². The number of ether oxygens (including phenoxy) is 1. The monoisotopic (exact) mass is 508 g/mol. The number of epoxide rings is 1. The molecule has 35 heavy (non-hydrogen) atoms. The maximum atomic E-state index is 10.6. The van der Waals surface area contributed by atoms with Crippen LogP contribution in [0.15, 0.2) is 12.2 Å². The van der Waals surface area contributed by atoms with Gasteiger partial charge in [0.2, 0.25) is 0 Å². The Morgan fingerprint density at radius 3 is 1.51 bits per heavy atom. The molecule has 1 rings (SSSR count). The summed E-state index contributed by atoms with van der Waals surface area (Å²) < 4.78 is 5.07. The molecule has 0 saturated carbocycles. The lowest BCUT2D eigenvalue weighted by Crippen LogP contribution is -2.15. The molecule has 0 aromatic heterocycles. The molecule has 0 spiro atoms. The van der Waals surface area contributed by atoms with E-state index in [-0.39, 0.29) is 19.3 Å². The van der Waals surface area contributed by atoms with Gasteiger partial charge >= 0.3 is 5.97 Å². The van der Waals surface area contributed by atoms with E-state index < -0.39 is 30.1 Å². The molecule has 2 atom stereocenters. The zero-order chi connectivity index (χ0) is 27.5. The summed E-state index contributed by atoms with van der Waals surface area (Å²) in [5.74, 6) is -2.47. The van der Waals surface area contributed by atoms with Crippen LogP contribution in [0.1, 0.15) is 97.8 Å². The van der Waals surface area contributed by atoms with E-state index in [1.54, 1.807) is 0 Å². The van der Waals surface area contributed by atoms with E-state index in [0.29, 0.717) is 0 Å². The molecular weight excluding hydrogens is 460 g/mol. The number of carboxylic acids is 3. The third kappa shape index (κ3) is 39.5. The van der Waals surface area contributed by atoms with Crippen molar-refractivity contribution in [1.29, 1.82) is 0 Å². The third-order valence-corrected chi connectivity index (χ3v) is 4.50. The first-order valence-corrected chi connectivity index (χ1v) is 12.3. The Morgan fingerprint density at radius 1 is 0.771 bits per heavy atom. The van der Waals surface area contributed by atoms with Gasteiger partial charge in [-0.15, -0.1) is 0 Å². The fourth-order valence-corrected chi connectivity index (χ4v) is 2.70. The average Bonchev–Trinajstić information content (AvgIpc) is 3.56. The second-order valence-electron chi connectivity index (χ2n) is 8.16. The lowest BCUT2D eigenvalue weighted by Gasteiger charge is -1.98. The number of aliphatic carboxylic acids is 3. The number of aliphatic hydroxyl groups excluding tert-OH is 3. The van der Waals surface area contributed by atoms with Gasteiger partial charge in [-0.3, -0.25) is 9.59 Å². The first-order chi connectivity index (χ1) is 16.5. The summed E-state index contributed by atoms with van der Waals surface area (Å²) in [5, 5.41) is 47.5. The van der Waals surface area contributed by atoms with Gasteiger partial charge in [0.05, 0.1) is 19.3 Å². The molecule has 6 N–H and O–H groups in total. The van der Waals surface area contributed by atoms with Crippen molar-refractivity contribution in [3.63, 3.8) is 0 Å². The SMILES string of the molecule is CC(=O)O.CC(=O)O.CCCCCCCCC=CCCCCCC1OC1C(=O)O.OCC(O)CO. The molecule has 2 unspecified atom stereocenters. The highest BCUT2D eigenvalue weighted by Gasteiger charge is 2.44. The molecule has 1 aliphatic heterocycles. The van der Waals surface area contributed by atoms with E-state index in [1.165, 1.54) is 57.8 Å². The molecule has 0 aliphatic carbocycles. The Morgan fingerprint density at radius 2 is 1.17 bits per heavy atom. The van der Waals surface area contributed by atoms with Crippen LogP contribution in [0.3, 0.4) is 0 Å². The quantitative estimate of drug-likeness (QED) is 0.102. The van der Waals surface area contributed by atoms with E-state index in [4.69, 9.17) is 45.0 Å². The molecule has 10 heteroatoms. The van der Waals surface area contributed by atoms with Crippen LogP contribution in [0.2, 0.25) is 0 Å². The van der Waals surface area contributed by atoms with E-state index in [2.05, 4.69) is 19.1 Å². The second-order valence-corrected chi connectivity index (χ2v) is 8.16. The molecule has 0 amide bonds. The van der Waals surface area contributed by atoms with Crippen LogP contribution in [0, 0.1) is 0 Å². The van der Waals surface area contributed by atoms with E-state index >= 15 is 0 Å². The average molecular weight is 509 g/mol. The summed E-state index contributed by atoms with van der Waals surface area (Å²) in [6, 6.07) is 0. The molecule has 1 heterocycles. The fourth-order valence-electron chi connectivity index (χ4n) is 2.70. The second kappa shape index (κ2) is 28.2. The Balaban J connectivity index is -0.000000597. The predicted molar refractivity (Wildman–Crippen MR) is 133 cm³/mol. The molecule has 0 bridgehead atoms. The number of allylic oxidation sites excluding steroid dienone is 2. The molecule has 1 fully saturated rings. The van der Waals surface area contributed by atoms with Crippen molar-refractivity contribution in [2.24, 2.45) is 0 Å². The molecule has 10 nitrogen and oxygen atoms in total. The summed E-state index contributed by atoms with van der Waals surface area (Å²) in [6.07, 6.45) is 18.1. The minimum Gasteiger partial charge on any atom is -0.481 e. The molecule has 1 aliphatic rings. The lowest BCUT2D eigenvalue weighted by atomic mass is 10.1. The summed E-state index contributed by atoms with van der Waals surface area (Å²) >= 11 is 0. The van der Waals surface area contributed by atoms with Crippen LogP contribution in [-0.4, -0.2) is 80.1 Å². The first kappa shape index (κ1) is 37.5. The van der Waals surface area contributed by atoms with Crippen molar-refractivity contribution < 1.29 is 49.8 Å². The number of rotatable bonds is 16. The molecule has 208 valence electrons. The van der Waals surface area contributed by atoms with Gasteiger partial charge in [-0.25, -0.2) is 4.79 Å². The van der Waals surface area contributed by atoms with Crippen molar-refractivity contribution in [2.45, 2.75) is 116 Å². The van der Waals surface area contributed by atoms with Gasteiger partial charge in [-0.05, 0) is 32.1 Å². The normalized spacial score (nSPS) is 15.7. The van der Waals surface area contributed by atoms with Gasteiger partial charge < -0.3 is 35.4 Å². The predicted octanol–water partition coefficient (Wildman–Crippen LogP) is 3.61. The van der Waals surface area contributed by atoms with Crippen molar-refractivity contribution in [3.05, 3.63) is 12.2 Å². The third-order valence-electron chi connectivity index (χ3n) is 4.50. The number of unbranched alkanes of at least 4 members (excludes halogenated alkanes) is 9. The molecule has 0 aromatic rings. The van der Waals surface area contributed by atoms with Crippen molar-refractivity contribution in [2.75, 3.05) is 13.2 Å². The molecule has 0 aromatic carbocycles. The van der Waals surface area contributed by atoms with Gasteiger partial charge in [-0.2, -0.15) is 0 Å². The van der Waals surface area contributed by atoms with Crippen LogP contribution >= 0.6 is 0 Å². The number of hydrogen-bond acceptors (Lipinski definition) is 7. The Bertz CT molecular complexity index is 512. The first-order valence-electron chi connectivity index (χ1n) is 12.3. The smallest absolute Gasteiger partial charge is 0.335 e. The topological polar surface area (TPSA) is 185 Å². The van der Waals surface area contributed by atoms with Gasteiger partial charge in [-0.1, -0.05) is 64.0 Å². The number of hydrogen-bond donors (Lipinski definition) is 6. The van der Waals surface area contributed by atoms with Crippen LogP contribution in [0.5, 0.6) is 0 Å². The number of carboxylic acid groups (broad SMARTS) is 3. The Kier molecular flexibility index (Phi) is 30.3. The Labute approximate surface area is 209 Å². The van der Waals surface area contributed by atoms with Crippen molar-refractivity contribution >= 4 is 17.9 Å². The zero-order valence-electron chi connectivity index (χ0n) is 21.6. The fraction of sp³-hybridized carbons (Fsp3) is 0.800. The largest absolute Gasteiger partial charge is 0.481 e. The van der Waals surface area contributed by atoms with Crippen LogP contribution in [-0.2, 0) is 19.1 Å². The van der Waals surface area contributed by atoms with Gasteiger partial charge in [0.1, 0.15) is 6.10 Å². The maximum Gasteiger partial charge on any atom is 0.335 e. The van der Waals surface area contributed by atoms with Crippen LogP contribution in [0.4, 0.5) is 0 Å². The van der Waals surface area contributed by atoms with Crippen LogP contribution < -0.4 is 0 Å². The van der Waals surface area contributed by atoms with E-state index in [9.17, 15) is 4.79 Å². The summed E-state index contributed by atoms with van der Waals surface area (Å²) in [7, 11) is 0. The highest BCUT2D eigenvalue weighted by atomic mass is 16.6. The van der Waals surface area contributed by atoms with Gasteiger partial charge in [0.15, 0.2) is 6.10 Å². The van der Waals surface area contributed by atoms with E-state index in [0.717, 1.165) is 33.1 Å². The molecular formula is C25H48O10. The zero-order valence-corrected chi connectivity index (χ0v) is 21.6. The Hall–Kier alpha value is -2.01. The van der Waals surface area contributed by atoms with Crippen LogP contribution in [0.25, 0.3) is 0 Å². The van der Waals surface area contributed by atoms with Gasteiger partial charge in [0.25, 0.3) is 11.9 Å².